The number of ether oxygens (including phenoxy) is 1. The zero-order valence-electron chi connectivity index (χ0n) is 11.6. The Morgan fingerprint density at radius 3 is 2.47 bits per heavy atom. The summed E-state index contributed by atoms with van der Waals surface area (Å²) in [5, 5.41) is 0.0267. The first-order chi connectivity index (χ1) is 8.62. The van der Waals surface area contributed by atoms with E-state index in [1.54, 1.807) is 6.07 Å². The summed E-state index contributed by atoms with van der Waals surface area (Å²) in [4.78, 5) is 12.5. The molecular weight excluding hydrogens is 267 g/mol. The maximum atomic E-state index is 13.5. The molecule has 1 fully saturated rings. The Kier molecular flexibility index (Phi) is 3.48. The summed E-state index contributed by atoms with van der Waals surface area (Å²) in [6, 6.07) is 4.18. The smallest absolute Gasteiger partial charge is 0.169 e. The molecule has 0 amide bonds. The molecule has 1 unspecified atom stereocenters. The number of ketones is 1. The van der Waals surface area contributed by atoms with Gasteiger partial charge in [0.25, 0.3) is 0 Å². The molecule has 2 rings (SSSR count). The van der Waals surface area contributed by atoms with Crippen molar-refractivity contribution >= 4 is 17.4 Å². The predicted octanol–water partition coefficient (Wildman–Crippen LogP) is 4.26. The summed E-state index contributed by atoms with van der Waals surface area (Å²) < 4.78 is 19.4. The maximum absolute atomic E-state index is 13.5. The van der Waals surface area contributed by atoms with E-state index in [1.807, 2.05) is 27.7 Å². The summed E-state index contributed by atoms with van der Waals surface area (Å²) in [6.45, 7) is 7.72. The lowest BCUT2D eigenvalue weighted by Crippen LogP contribution is -2.33. The Hall–Kier alpha value is -0.930. The summed E-state index contributed by atoms with van der Waals surface area (Å²) in [5.41, 5.74) is -0.535. The highest BCUT2D eigenvalue weighted by atomic mass is 35.5. The van der Waals surface area contributed by atoms with E-state index in [2.05, 4.69) is 0 Å². The molecule has 19 heavy (non-hydrogen) atoms. The van der Waals surface area contributed by atoms with Crippen LogP contribution in [0.1, 0.15) is 44.5 Å². The van der Waals surface area contributed by atoms with Crippen molar-refractivity contribution in [1.82, 2.24) is 0 Å². The molecule has 0 aliphatic carbocycles. The van der Waals surface area contributed by atoms with Crippen LogP contribution in [-0.2, 0) is 4.74 Å². The third-order valence-corrected chi connectivity index (χ3v) is 3.90. The van der Waals surface area contributed by atoms with Gasteiger partial charge < -0.3 is 4.74 Å². The first-order valence-corrected chi connectivity index (χ1v) is 6.70. The number of halogens is 2. The number of rotatable bonds is 2. The van der Waals surface area contributed by atoms with Crippen molar-refractivity contribution in [2.24, 2.45) is 5.92 Å². The third kappa shape index (κ3) is 2.82. The lowest BCUT2D eigenvalue weighted by atomic mass is 9.82. The summed E-state index contributed by atoms with van der Waals surface area (Å²) in [5.74, 6) is -0.933. The molecule has 1 aliphatic heterocycles. The zero-order chi connectivity index (χ0) is 14.4. The largest absolute Gasteiger partial charge is 0.369 e. The fraction of sp³-hybridized carbons (Fsp3) is 0.533. The monoisotopic (exact) mass is 284 g/mol. The molecule has 104 valence electrons. The van der Waals surface area contributed by atoms with Crippen LogP contribution in [0.3, 0.4) is 0 Å². The third-order valence-electron chi connectivity index (χ3n) is 3.59. The van der Waals surface area contributed by atoms with E-state index in [0.717, 1.165) is 0 Å². The molecule has 1 aromatic rings. The predicted molar refractivity (Wildman–Crippen MR) is 73.1 cm³/mol. The van der Waals surface area contributed by atoms with E-state index < -0.39 is 11.4 Å². The van der Waals surface area contributed by atoms with E-state index >= 15 is 0 Å². The van der Waals surface area contributed by atoms with Crippen molar-refractivity contribution in [3.63, 3.8) is 0 Å². The van der Waals surface area contributed by atoms with Gasteiger partial charge in [0.05, 0.1) is 22.1 Å². The fourth-order valence-corrected chi connectivity index (χ4v) is 2.94. The van der Waals surface area contributed by atoms with Gasteiger partial charge in [-0.25, -0.2) is 4.39 Å². The van der Waals surface area contributed by atoms with Crippen LogP contribution >= 0.6 is 11.6 Å². The summed E-state index contributed by atoms with van der Waals surface area (Å²) >= 11 is 5.64. The second-order valence-electron chi connectivity index (χ2n) is 6.22. The van der Waals surface area contributed by atoms with E-state index in [4.69, 9.17) is 16.3 Å². The van der Waals surface area contributed by atoms with E-state index in [-0.39, 0.29) is 22.3 Å². The Morgan fingerprint density at radius 2 is 2.00 bits per heavy atom. The van der Waals surface area contributed by atoms with E-state index in [0.29, 0.717) is 12.0 Å². The zero-order valence-corrected chi connectivity index (χ0v) is 12.3. The second kappa shape index (κ2) is 4.57. The molecule has 1 aromatic carbocycles. The minimum absolute atomic E-state index is 0.0267. The van der Waals surface area contributed by atoms with Gasteiger partial charge in [0, 0.05) is 5.56 Å². The lowest BCUT2D eigenvalue weighted by molar-refractivity contribution is -0.0712. The first kappa shape index (κ1) is 14.5. The number of benzene rings is 1. The number of hydrogen-bond donors (Lipinski definition) is 0. The van der Waals surface area contributed by atoms with Crippen LogP contribution in [-0.4, -0.2) is 17.0 Å². The molecule has 2 nitrogen and oxygen atoms in total. The molecule has 0 spiro atoms. The van der Waals surface area contributed by atoms with Gasteiger partial charge in [-0.15, -0.1) is 0 Å². The molecule has 1 saturated heterocycles. The minimum Gasteiger partial charge on any atom is -0.369 e. The second-order valence-corrected chi connectivity index (χ2v) is 6.62. The van der Waals surface area contributed by atoms with E-state index in [1.165, 1.54) is 12.1 Å². The Morgan fingerprint density at radius 1 is 1.37 bits per heavy atom. The number of hydrogen-bond acceptors (Lipinski definition) is 2. The standard InChI is InChI=1S/C15H18ClFO2/c1-14(2)8-10(15(3,4)19-14)13(18)9-5-6-11(16)12(17)7-9/h5-7,10H,8H2,1-4H3. The van der Waals surface area contributed by atoms with Crippen molar-refractivity contribution in [1.29, 1.82) is 0 Å². The Labute approximate surface area is 117 Å². The van der Waals surface area contributed by atoms with Gasteiger partial charge in [0.2, 0.25) is 0 Å². The lowest BCUT2D eigenvalue weighted by Gasteiger charge is -2.26. The highest BCUT2D eigenvalue weighted by Crippen LogP contribution is 2.43. The molecule has 0 N–H and O–H groups in total. The van der Waals surface area contributed by atoms with Gasteiger partial charge in [0.15, 0.2) is 5.78 Å². The van der Waals surface area contributed by atoms with Gasteiger partial charge in [-0.3, -0.25) is 4.79 Å². The first-order valence-electron chi connectivity index (χ1n) is 6.32. The average Bonchev–Trinajstić information content (AvgIpc) is 2.49. The Balaban J connectivity index is 2.31. The summed E-state index contributed by atoms with van der Waals surface area (Å²) in [6.07, 6.45) is 0.628. The number of carbonyl (C=O) groups is 1. The fourth-order valence-electron chi connectivity index (χ4n) is 2.82. The topological polar surface area (TPSA) is 26.3 Å². The van der Waals surface area contributed by atoms with Crippen LogP contribution in [0.2, 0.25) is 5.02 Å². The number of Topliss-reactive ketones (excluding diaryl/α,β-unsaturated/α-hetero) is 1. The highest BCUT2D eigenvalue weighted by molar-refractivity contribution is 6.30. The van der Waals surface area contributed by atoms with Crippen LogP contribution in [0.15, 0.2) is 18.2 Å². The molecule has 1 atom stereocenters. The van der Waals surface area contributed by atoms with Crippen LogP contribution in [0, 0.1) is 11.7 Å². The Bertz CT molecular complexity index is 523. The molecule has 0 radical (unpaired) electrons. The van der Waals surface area contributed by atoms with Crippen molar-refractivity contribution in [3.05, 3.63) is 34.6 Å². The van der Waals surface area contributed by atoms with Crippen LogP contribution in [0.4, 0.5) is 4.39 Å². The van der Waals surface area contributed by atoms with Crippen molar-refractivity contribution in [3.8, 4) is 0 Å². The average molecular weight is 285 g/mol. The van der Waals surface area contributed by atoms with Gasteiger partial charge >= 0.3 is 0 Å². The van der Waals surface area contributed by atoms with Gasteiger partial charge in [-0.05, 0) is 52.3 Å². The molecular formula is C15H18ClFO2. The molecule has 1 aliphatic rings. The van der Waals surface area contributed by atoms with Crippen molar-refractivity contribution in [2.75, 3.05) is 0 Å². The maximum Gasteiger partial charge on any atom is 0.169 e. The highest BCUT2D eigenvalue weighted by Gasteiger charge is 2.49. The van der Waals surface area contributed by atoms with Crippen molar-refractivity contribution < 1.29 is 13.9 Å². The molecule has 0 saturated carbocycles. The van der Waals surface area contributed by atoms with Crippen molar-refractivity contribution in [2.45, 2.75) is 45.3 Å². The van der Waals surface area contributed by atoms with Gasteiger partial charge in [-0.1, -0.05) is 11.6 Å². The normalized spacial score (nSPS) is 24.4. The van der Waals surface area contributed by atoms with Crippen LogP contribution < -0.4 is 0 Å². The van der Waals surface area contributed by atoms with Crippen LogP contribution in [0.5, 0.6) is 0 Å². The van der Waals surface area contributed by atoms with Crippen LogP contribution in [0.25, 0.3) is 0 Å². The van der Waals surface area contributed by atoms with E-state index in [9.17, 15) is 9.18 Å². The molecule has 0 bridgehead atoms. The number of carbonyl (C=O) groups excluding carboxylic acids is 1. The van der Waals surface area contributed by atoms with Gasteiger partial charge in [0.1, 0.15) is 5.82 Å². The quantitative estimate of drug-likeness (QED) is 0.759. The van der Waals surface area contributed by atoms with Gasteiger partial charge in [-0.2, -0.15) is 0 Å². The molecule has 1 heterocycles. The summed E-state index contributed by atoms with van der Waals surface area (Å²) in [7, 11) is 0. The minimum atomic E-state index is -0.566. The molecule has 4 heteroatoms. The molecule has 0 aromatic heterocycles. The SMILES string of the molecule is CC1(C)CC(C(=O)c2ccc(Cl)c(F)c2)C(C)(C)O1.